The summed E-state index contributed by atoms with van der Waals surface area (Å²) in [5.41, 5.74) is 2.52. The van der Waals surface area contributed by atoms with E-state index in [4.69, 9.17) is 0 Å². The van der Waals surface area contributed by atoms with Gasteiger partial charge in [-0.3, -0.25) is 4.79 Å². The second kappa shape index (κ2) is 6.52. The third-order valence-electron chi connectivity index (χ3n) is 2.69. The molecular weight excluding hydrogens is 323 g/mol. The van der Waals surface area contributed by atoms with Gasteiger partial charge in [0.2, 0.25) is 5.91 Å². The molecule has 0 fully saturated rings. The SMILES string of the molecule is CC(=O)Nc1ccc(CNc2ccc(Br)c(F)c2)cc1. The molecule has 0 bridgehead atoms. The zero-order valence-corrected chi connectivity index (χ0v) is 12.5. The van der Waals surface area contributed by atoms with Crippen LogP contribution >= 0.6 is 15.9 Å². The number of hydrogen-bond donors (Lipinski definition) is 2. The Morgan fingerprint density at radius 1 is 1.15 bits per heavy atom. The molecule has 2 aromatic carbocycles. The van der Waals surface area contributed by atoms with E-state index in [0.29, 0.717) is 11.0 Å². The van der Waals surface area contributed by atoms with E-state index >= 15 is 0 Å². The number of anilines is 2. The Morgan fingerprint density at radius 2 is 1.80 bits per heavy atom. The Morgan fingerprint density at radius 3 is 2.40 bits per heavy atom. The van der Waals surface area contributed by atoms with Crippen molar-refractivity contribution in [3.63, 3.8) is 0 Å². The molecule has 0 aromatic heterocycles. The first kappa shape index (κ1) is 14.5. The highest BCUT2D eigenvalue weighted by molar-refractivity contribution is 9.10. The fourth-order valence-corrected chi connectivity index (χ4v) is 1.97. The number of hydrogen-bond acceptors (Lipinski definition) is 2. The maximum Gasteiger partial charge on any atom is 0.221 e. The monoisotopic (exact) mass is 336 g/mol. The largest absolute Gasteiger partial charge is 0.381 e. The Hall–Kier alpha value is -1.88. The fourth-order valence-electron chi connectivity index (χ4n) is 1.72. The third-order valence-corrected chi connectivity index (χ3v) is 3.33. The maximum atomic E-state index is 13.4. The first-order chi connectivity index (χ1) is 9.54. The summed E-state index contributed by atoms with van der Waals surface area (Å²) in [5, 5.41) is 5.85. The number of carbonyl (C=O) groups is 1. The summed E-state index contributed by atoms with van der Waals surface area (Å²) in [6.07, 6.45) is 0. The molecule has 0 aliphatic carbocycles. The number of carbonyl (C=O) groups excluding carboxylic acids is 1. The second-order valence-corrected chi connectivity index (χ2v) is 5.21. The van der Waals surface area contributed by atoms with Crippen LogP contribution in [0.4, 0.5) is 15.8 Å². The molecule has 0 saturated heterocycles. The third kappa shape index (κ3) is 4.06. The summed E-state index contributed by atoms with van der Waals surface area (Å²) in [5.74, 6) is -0.391. The minimum absolute atomic E-state index is 0.0961. The van der Waals surface area contributed by atoms with Crippen LogP contribution in [-0.4, -0.2) is 5.91 Å². The second-order valence-electron chi connectivity index (χ2n) is 4.36. The van der Waals surface area contributed by atoms with Gasteiger partial charge in [-0.25, -0.2) is 4.39 Å². The van der Waals surface area contributed by atoms with Crippen molar-refractivity contribution in [2.24, 2.45) is 0 Å². The first-order valence-corrected chi connectivity index (χ1v) is 6.89. The lowest BCUT2D eigenvalue weighted by atomic mass is 10.2. The summed E-state index contributed by atoms with van der Waals surface area (Å²) < 4.78 is 13.8. The van der Waals surface area contributed by atoms with Crippen LogP contribution in [0, 0.1) is 5.82 Å². The van der Waals surface area contributed by atoms with Crippen molar-refractivity contribution in [1.82, 2.24) is 0 Å². The highest BCUT2D eigenvalue weighted by atomic mass is 79.9. The molecule has 0 radical (unpaired) electrons. The summed E-state index contributed by atoms with van der Waals surface area (Å²) in [6, 6.07) is 12.4. The van der Waals surface area contributed by atoms with Crippen molar-refractivity contribution in [3.05, 3.63) is 58.3 Å². The maximum absolute atomic E-state index is 13.4. The summed E-state index contributed by atoms with van der Waals surface area (Å²) in [6.45, 7) is 2.05. The van der Waals surface area contributed by atoms with E-state index in [2.05, 4.69) is 26.6 Å². The summed E-state index contributed by atoms with van der Waals surface area (Å²) in [4.78, 5) is 10.9. The molecule has 20 heavy (non-hydrogen) atoms. The lowest BCUT2D eigenvalue weighted by Crippen LogP contribution is -2.06. The van der Waals surface area contributed by atoms with Crippen LogP contribution in [0.25, 0.3) is 0 Å². The van der Waals surface area contributed by atoms with Crippen molar-refractivity contribution >= 4 is 33.2 Å². The predicted molar refractivity (Wildman–Crippen MR) is 82.2 cm³/mol. The van der Waals surface area contributed by atoms with E-state index in [-0.39, 0.29) is 11.7 Å². The van der Waals surface area contributed by atoms with Gasteiger partial charge in [-0.2, -0.15) is 0 Å². The van der Waals surface area contributed by atoms with Crippen molar-refractivity contribution in [1.29, 1.82) is 0 Å². The molecule has 2 rings (SSSR count). The average molecular weight is 337 g/mol. The molecule has 5 heteroatoms. The number of rotatable bonds is 4. The van der Waals surface area contributed by atoms with E-state index in [1.807, 2.05) is 24.3 Å². The highest BCUT2D eigenvalue weighted by Gasteiger charge is 2.01. The van der Waals surface area contributed by atoms with Gasteiger partial charge in [0.15, 0.2) is 0 Å². The smallest absolute Gasteiger partial charge is 0.221 e. The van der Waals surface area contributed by atoms with Crippen molar-refractivity contribution in [2.75, 3.05) is 10.6 Å². The van der Waals surface area contributed by atoms with Crippen molar-refractivity contribution in [3.8, 4) is 0 Å². The fraction of sp³-hybridized carbons (Fsp3) is 0.133. The van der Waals surface area contributed by atoms with E-state index < -0.39 is 0 Å². The Kier molecular flexibility index (Phi) is 4.74. The lowest BCUT2D eigenvalue weighted by molar-refractivity contribution is -0.114. The molecule has 0 aliphatic heterocycles. The molecule has 2 aromatic rings. The van der Waals surface area contributed by atoms with Gasteiger partial charge in [0.25, 0.3) is 0 Å². The van der Waals surface area contributed by atoms with Gasteiger partial charge < -0.3 is 10.6 Å². The Labute approximate surface area is 125 Å². The quantitative estimate of drug-likeness (QED) is 0.880. The minimum Gasteiger partial charge on any atom is -0.381 e. The predicted octanol–water partition coefficient (Wildman–Crippen LogP) is 4.16. The Balaban J connectivity index is 1.96. The average Bonchev–Trinajstić information content (AvgIpc) is 2.41. The molecule has 0 spiro atoms. The normalized spacial score (nSPS) is 10.2. The van der Waals surface area contributed by atoms with E-state index in [1.54, 1.807) is 12.1 Å². The van der Waals surface area contributed by atoms with Crippen LogP contribution < -0.4 is 10.6 Å². The molecule has 0 heterocycles. The number of halogens is 2. The molecule has 2 N–H and O–H groups in total. The Bertz CT molecular complexity index is 614. The van der Waals surface area contributed by atoms with Crippen molar-refractivity contribution < 1.29 is 9.18 Å². The number of nitrogens with one attached hydrogen (secondary N) is 2. The van der Waals surface area contributed by atoms with Gasteiger partial charge >= 0.3 is 0 Å². The summed E-state index contributed by atoms with van der Waals surface area (Å²) >= 11 is 3.12. The lowest BCUT2D eigenvalue weighted by Gasteiger charge is -2.08. The first-order valence-electron chi connectivity index (χ1n) is 6.10. The molecule has 0 unspecified atom stereocenters. The highest BCUT2D eigenvalue weighted by Crippen LogP contribution is 2.20. The van der Waals surface area contributed by atoms with Gasteiger partial charge in [0, 0.05) is 24.8 Å². The van der Waals surface area contributed by atoms with Crippen LogP contribution in [-0.2, 0) is 11.3 Å². The van der Waals surface area contributed by atoms with E-state index in [0.717, 1.165) is 16.9 Å². The van der Waals surface area contributed by atoms with Gasteiger partial charge in [-0.05, 0) is 51.8 Å². The van der Waals surface area contributed by atoms with Gasteiger partial charge in [-0.15, -0.1) is 0 Å². The standard InChI is InChI=1S/C15H14BrFN2O/c1-10(20)19-12-4-2-11(3-5-12)9-18-13-6-7-14(16)15(17)8-13/h2-8,18H,9H2,1H3,(H,19,20). The van der Waals surface area contributed by atoms with Crippen molar-refractivity contribution in [2.45, 2.75) is 13.5 Å². The van der Waals surface area contributed by atoms with Crippen LogP contribution in [0.15, 0.2) is 46.9 Å². The molecule has 0 aliphatic rings. The van der Waals surface area contributed by atoms with E-state index in [1.165, 1.54) is 13.0 Å². The molecule has 0 saturated carbocycles. The van der Waals surface area contributed by atoms with Crippen LogP contribution in [0.5, 0.6) is 0 Å². The van der Waals surface area contributed by atoms with E-state index in [9.17, 15) is 9.18 Å². The molecular formula is C15H14BrFN2O. The van der Waals surface area contributed by atoms with Crippen LogP contribution in [0.2, 0.25) is 0 Å². The topological polar surface area (TPSA) is 41.1 Å². The number of amides is 1. The molecule has 1 amide bonds. The molecule has 0 atom stereocenters. The molecule has 3 nitrogen and oxygen atoms in total. The van der Waals surface area contributed by atoms with Gasteiger partial charge in [0.1, 0.15) is 5.82 Å². The van der Waals surface area contributed by atoms with Gasteiger partial charge in [0.05, 0.1) is 4.47 Å². The summed E-state index contributed by atoms with van der Waals surface area (Å²) in [7, 11) is 0. The number of benzene rings is 2. The minimum atomic E-state index is -0.295. The zero-order valence-electron chi connectivity index (χ0n) is 10.9. The zero-order chi connectivity index (χ0) is 14.5. The van der Waals surface area contributed by atoms with Crippen LogP contribution in [0.3, 0.4) is 0 Å². The molecule has 104 valence electrons. The van der Waals surface area contributed by atoms with Gasteiger partial charge in [-0.1, -0.05) is 12.1 Å². The van der Waals surface area contributed by atoms with Crippen LogP contribution in [0.1, 0.15) is 12.5 Å².